The highest BCUT2D eigenvalue weighted by molar-refractivity contribution is 6.25. The van der Waals surface area contributed by atoms with Gasteiger partial charge < -0.3 is 9.32 Å². The smallest absolute Gasteiger partial charge is 0.137 e. The number of fused-ring (bicyclic) bond motifs is 10. The lowest BCUT2D eigenvalue weighted by Gasteiger charge is -2.26. The Kier molecular flexibility index (Phi) is 7.89. The molecule has 0 saturated carbocycles. The van der Waals surface area contributed by atoms with E-state index < -0.39 is 0 Å². The molecule has 1 aromatic heterocycles. The number of hydrogen-bond acceptors (Lipinski definition) is 2. The Morgan fingerprint density at radius 2 is 0.767 bits per heavy atom. The number of benzene rings is 11. The Bertz CT molecular complexity index is 3560. The first-order valence-electron chi connectivity index (χ1n) is 20.6. The number of rotatable bonds is 6. The minimum absolute atomic E-state index is 0.869. The van der Waals surface area contributed by atoms with Gasteiger partial charge in [0, 0.05) is 16.8 Å². The molecule has 2 heteroatoms. The number of anilines is 3. The summed E-state index contributed by atoms with van der Waals surface area (Å²) >= 11 is 0. The average Bonchev–Trinajstić information content (AvgIpc) is 3.71. The van der Waals surface area contributed by atoms with Crippen molar-refractivity contribution in [2.75, 3.05) is 4.90 Å². The highest BCUT2D eigenvalue weighted by Gasteiger charge is 2.20. The second kappa shape index (κ2) is 13.9. The van der Waals surface area contributed by atoms with Gasteiger partial charge in [0.15, 0.2) is 0 Å². The molecule has 0 amide bonds. The topological polar surface area (TPSA) is 16.4 Å². The SMILES string of the molecule is c1cc(-c2ccc(N(c3ccc(-c4ccc5c6ccccc6c6ccccc6c5c4)cc3)c3cccc4oc5ccccc5c34)cc2)cc(-c2cccc3ccccc23)c1. The number of nitrogens with zero attached hydrogens (tertiary/aromatic N) is 1. The van der Waals surface area contributed by atoms with Gasteiger partial charge in [-0.1, -0.05) is 170 Å². The van der Waals surface area contributed by atoms with Crippen LogP contribution in [0.5, 0.6) is 0 Å². The van der Waals surface area contributed by atoms with Crippen molar-refractivity contribution in [1.29, 1.82) is 0 Å². The molecular formula is C58H37NO. The molecule has 0 saturated heterocycles. The average molecular weight is 764 g/mol. The van der Waals surface area contributed by atoms with Gasteiger partial charge in [-0.3, -0.25) is 0 Å². The summed E-state index contributed by atoms with van der Waals surface area (Å²) in [5, 5.41) is 12.4. The third-order valence-corrected chi connectivity index (χ3v) is 12.2. The second-order valence-electron chi connectivity index (χ2n) is 15.6. The van der Waals surface area contributed by atoms with E-state index in [1.165, 1.54) is 76.5 Å². The Hall–Kier alpha value is -7.94. The number of para-hydroxylation sites is 1. The van der Waals surface area contributed by atoms with Crippen LogP contribution in [-0.4, -0.2) is 0 Å². The van der Waals surface area contributed by atoms with Crippen molar-refractivity contribution in [3.8, 4) is 33.4 Å². The standard InChI is InChI=1S/C58H37NO/c1-2-16-46-40(12-1)13-10-22-47(46)43-15-9-14-41(36-43)38-26-31-44(32-27-38)59(55-23-11-25-57-58(55)53-21-7-8-24-56(53)60-57)45-33-28-39(29-34-45)42-30-35-52-50-19-4-3-17-48(50)49-18-5-6-20-51(49)54(52)37-42/h1-37H. The number of hydrogen-bond donors (Lipinski definition) is 0. The van der Waals surface area contributed by atoms with E-state index in [0.717, 1.165) is 39.0 Å². The van der Waals surface area contributed by atoms with Gasteiger partial charge in [0.2, 0.25) is 0 Å². The van der Waals surface area contributed by atoms with E-state index in [1.54, 1.807) is 0 Å². The van der Waals surface area contributed by atoms with Gasteiger partial charge in [0.05, 0.1) is 11.1 Å². The molecule has 0 aliphatic carbocycles. The highest BCUT2D eigenvalue weighted by Crippen LogP contribution is 2.44. The predicted molar refractivity (Wildman–Crippen MR) is 255 cm³/mol. The zero-order valence-corrected chi connectivity index (χ0v) is 32.7. The largest absolute Gasteiger partial charge is 0.456 e. The van der Waals surface area contributed by atoms with E-state index in [9.17, 15) is 0 Å². The maximum atomic E-state index is 6.41. The molecule has 1 heterocycles. The van der Waals surface area contributed by atoms with Gasteiger partial charge in [-0.2, -0.15) is 0 Å². The zero-order chi connectivity index (χ0) is 39.6. The summed E-state index contributed by atoms with van der Waals surface area (Å²) in [6, 6.07) is 81.2. The molecule has 0 bridgehead atoms. The van der Waals surface area contributed by atoms with E-state index in [2.05, 4.69) is 223 Å². The second-order valence-corrected chi connectivity index (χ2v) is 15.6. The minimum Gasteiger partial charge on any atom is -0.456 e. The molecule has 12 aromatic rings. The van der Waals surface area contributed by atoms with Crippen LogP contribution in [0.25, 0.3) is 98.4 Å². The van der Waals surface area contributed by atoms with Crippen molar-refractivity contribution in [1.82, 2.24) is 0 Å². The Labute approximate surface area is 347 Å². The van der Waals surface area contributed by atoms with Crippen molar-refractivity contribution in [2.24, 2.45) is 0 Å². The molecular weight excluding hydrogens is 727 g/mol. The first-order chi connectivity index (χ1) is 29.7. The summed E-state index contributed by atoms with van der Waals surface area (Å²) in [7, 11) is 0. The van der Waals surface area contributed by atoms with E-state index in [4.69, 9.17) is 4.42 Å². The maximum Gasteiger partial charge on any atom is 0.137 e. The molecule has 60 heavy (non-hydrogen) atoms. The van der Waals surface area contributed by atoms with Gasteiger partial charge in [-0.25, -0.2) is 0 Å². The summed E-state index contributed by atoms with van der Waals surface area (Å²) in [6.45, 7) is 0. The molecule has 0 N–H and O–H groups in total. The predicted octanol–water partition coefficient (Wildman–Crippen LogP) is 16.7. The molecule has 0 spiro atoms. The fourth-order valence-corrected chi connectivity index (χ4v) is 9.41. The first-order valence-corrected chi connectivity index (χ1v) is 20.6. The molecule has 0 fully saturated rings. The highest BCUT2D eigenvalue weighted by atomic mass is 16.3. The van der Waals surface area contributed by atoms with E-state index in [1.807, 2.05) is 6.07 Å². The lowest BCUT2D eigenvalue weighted by molar-refractivity contribution is 0.669. The van der Waals surface area contributed by atoms with E-state index in [-0.39, 0.29) is 0 Å². The summed E-state index contributed by atoms with van der Waals surface area (Å²) < 4.78 is 6.41. The van der Waals surface area contributed by atoms with Gasteiger partial charge in [0.25, 0.3) is 0 Å². The van der Waals surface area contributed by atoms with Gasteiger partial charge in [-0.15, -0.1) is 0 Å². The van der Waals surface area contributed by atoms with Crippen molar-refractivity contribution in [3.05, 3.63) is 224 Å². The van der Waals surface area contributed by atoms with Gasteiger partial charge in [-0.05, 0) is 131 Å². The van der Waals surface area contributed by atoms with E-state index in [0.29, 0.717) is 0 Å². The molecule has 0 aliphatic rings. The summed E-state index contributed by atoms with van der Waals surface area (Å²) in [5.74, 6) is 0. The van der Waals surface area contributed by atoms with Crippen LogP contribution in [0.4, 0.5) is 17.1 Å². The van der Waals surface area contributed by atoms with Crippen LogP contribution < -0.4 is 4.90 Å². The third-order valence-electron chi connectivity index (χ3n) is 12.2. The first kappa shape index (κ1) is 34.1. The summed E-state index contributed by atoms with van der Waals surface area (Å²) in [6.07, 6.45) is 0. The van der Waals surface area contributed by atoms with Crippen molar-refractivity contribution >= 4 is 82.1 Å². The van der Waals surface area contributed by atoms with Crippen LogP contribution in [0.3, 0.4) is 0 Å². The molecule has 11 aromatic carbocycles. The van der Waals surface area contributed by atoms with Crippen LogP contribution in [0, 0.1) is 0 Å². The van der Waals surface area contributed by atoms with Crippen molar-refractivity contribution < 1.29 is 4.42 Å². The normalized spacial score (nSPS) is 11.7. The number of furan rings is 1. The van der Waals surface area contributed by atoms with E-state index >= 15 is 0 Å². The molecule has 0 radical (unpaired) electrons. The summed E-state index contributed by atoms with van der Waals surface area (Å²) in [5.41, 5.74) is 12.1. The van der Waals surface area contributed by atoms with Crippen molar-refractivity contribution in [2.45, 2.75) is 0 Å². The molecule has 0 aliphatic heterocycles. The molecule has 2 nitrogen and oxygen atoms in total. The molecule has 0 atom stereocenters. The van der Waals surface area contributed by atoms with Gasteiger partial charge >= 0.3 is 0 Å². The minimum atomic E-state index is 0.869. The monoisotopic (exact) mass is 763 g/mol. The fraction of sp³-hybridized carbons (Fsp3) is 0. The van der Waals surface area contributed by atoms with Crippen LogP contribution in [-0.2, 0) is 0 Å². The van der Waals surface area contributed by atoms with Crippen LogP contribution >= 0.6 is 0 Å². The molecule has 12 rings (SSSR count). The van der Waals surface area contributed by atoms with Crippen LogP contribution in [0.15, 0.2) is 229 Å². The molecule has 280 valence electrons. The lowest BCUT2D eigenvalue weighted by atomic mass is 9.92. The van der Waals surface area contributed by atoms with Gasteiger partial charge in [0.1, 0.15) is 11.2 Å². The Balaban J connectivity index is 0.966. The lowest BCUT2D eigenvalue weighted by Crippen LogP contribution is -2.10. The third kappa shape index (κ3) is 5.57. The Morgan fingerprint density at radius 3 is 1.47 bits per heavy atom. The van der Waals surface area contributed by atoms with Crippen molar-refractivity contribution in [3.63, 3.8) is 0 Å². The quantitative estimate of drug-likeness (QED) is 0.157. The Morgan fingerprint density at radius 1 is 0.283 bits per heavy atom. The fourth-order valence-electron chi connectivity index (χ4n) is 9.41. The maximum absolute atomic E-state index is 6.41. The zero-order valence-electron chi connectivity index (χ0n) is 32.7. The molecule has 0 unspecified atom stereocenters. The van der Waals surface area contributed by atoms with Crippen LogP contribution in [0.1, 0.15) is 0 Å². The summed E-state index contributed by atoms with van der Waals surface area (Å²) in [4.78, 5) is 2.37. The van der Waals surface area contributed by atoms with Crippen LogP contribution in [0.2, 0.25) is 0 Å².